The van der Waals surface area contributed by atoms with E-state index in [1.807, 2.05) is 44.2 Å². The van der Waals surface area contributed by atoms with Gasteiger partial charge in [0.05, 0.1) is 23.1 Å². The van der Waals surface area contributed by atoms with Crippen LogP contribution in [0.5, 0.6) is 0 Å². The van der Waals surface area contributed by atoms with Gasteiger partial charge in [-0.1, -0.05) is 30.4 Å². The molecule has 164 valence electrons. The predicted molar refractivity (Wildman–Crippen MR) is 119 cm³/mol. The van der Waals surface area contributed by atoms with E-state index in [0.29, 0.717) is 24.2 Å². The Labute approximate surface area is 186 Å². The number of rotatable bonds is 5. The number of imide groups is 1. The molecule has 2 aromatic rings. The van der Waals surface area contributed by atoms with Crippen molar-refractivity contribution in [2.24, 2.45) is 11.8 Å². The van der Waals surface area contributed by atoms with Crippen molar-refractivity contribution in [2.75, 3.05) is 16.8 Å². The molecule has 2 atom stereocenters. The normalized spacial score (nSPS) is 19.6. The fourth-order valence-corrected chi connectivity index (χ4v) is 4.20. The zero-order valence-corrected chi connectivity index (χ0v) is 18.0. The van der Waals surface area contributed by atoms with Crippen LogP contribution < -0.4 is 10.2 Å². The SMILES string of the molecule is Cc1cccc(C)c1NC(=O)COC(=O)c1ccc(N2C(=O)[C@H]3CC=CC[C@H]3C2=O)cc1. The molecule has 0 spiro atoms. The van der Waals surface area contributed by atoms with E-state index in [1.165, 1.54) is 17.0 Å². The second kappa shape index (κ2) is 8.78. The number of amides is 3. The van der Waals surface area contributed by atoms with Gasteiger partial charge < -0.3 is 10.1 Å². The topological polar surface area (TPSA) is 92.8 Å². The second-order valence-electron chi connectivity index (χ2n) is 8.11. The molecule has 0 bridgehead atoms. The number of carbonyl (C=O) groups is 4. The Morgan fingerprint density at radius 2 is 1.50 bits per heavy atom. The lowest BCUT2D eigenvalue weighted by molar-refractivity contribution is -0.122. The molecule has 7 nitrogen and oxygen atoms in total. The van der Waals surface area contributed by atoms with E-state index in [9.17, 15) is 19.2 Å². The highest BCUT2D eigenvalue weighted by atomic mass is 16.5. The van der Waals surface area contributed by atoms with Gasteiger partial charge in [-0.05, 0) is 62.1 Å². The van der Waals surface area contributed by atoms with Crippen LogP contribution in [-0.2, 0) is 19.1 Å². The first-order chi connectivity index (χ1) is 15.4. The first-order valence-electron chi connectivity index (χ1n) is 10.5. The van der Waals surface area contributed by atoms with E-state index in [-0.39, 0.29) is 29.2 Å². The van der Waals surface area contributed by atoms with Crippen LogP contribution in [0.25, 0.3) is 0 Å². The summed E-state index contributed by atoms with van der Waals surface area (Å²) in [5, 5.41) is 2.76. The first kappa shape index (κ1) is 21.5. The van der Waals surface area contributed by atoms with E-state index in [0.717, 1.165) is 11.1 Å². The molecule has 1 aliphatic carbocycles. The van der Waals surface area contributed by atoms with Crippen molar-refractivity contribution in [2.45, 2.75) is 26.7 Å². The molecular weight excluding hydrogens is 408 g/mol. The highest BCUT2D eigenvalue weighted by molar-refractivity contribution is 6.22. The Hall–Kier alpha value is -3.74. The third kappa shape index (κ3) is 4.06. The lowest BCUT2D eigenvalue weighted by Gasteiger charge is -2.15. The van der Waals surface area contributed by atoms with Crippen molar-refractivity contribution in [3.8, 4) is 0 Å². The predicted octanol–water partition coefficient (Wildman–Crippen LogP) is 3.55. The summed E-state index contributed by atoms with van der Waals surface area (Å²) in [7, 11) is 0. The highest BCUT2D eigenvalue weighted by Crippen LogP contribution is 2.37. The van der Waals surface area contributed by atoms with Gasteiger partial charge >= 0.3 is 5.97 Å². The molecule has 32 heavy (non-hydrogen) atoms. The Balaban J connectivity index is 1.37. The second-order valence-corrected chi connectivity index (χ2v) is 8.11. The Bertz CT molecular complexity index is 1070. The number of hydrogen-bond donors (Lipinski definition) is 1. The zero-order chi connectivity index (χ0) is 22.8. The summed E-state index contributed by atoms with van der Waals surface area (Å²) in [5.41, 5.74) is 3.20. The first-order valence-corrected chi connectivity index (χ1v) is 10.5. The number of hydrogen-bond acceptors (Lipinski definition) is 5. The maximum absolute atomic E-state index is 12.7. The molecule has 1 N–H and O–H groups in total. The van der Waals surface area contributed by atoms with Crippen LogP contribution in [0.2, 0.25) is 0 Å². The number of carbonyl (C=O) groups excluding carboxylic acids is 4. The number of allylic oxidation sites excluding steroid dienone is 2. The van der Waals surface area contributed by atoms with Gasteiger partial charge in [-0.25, -0.2) is 4.79 Å². The van der Waals surface area contributed by atoms with E-state index in [4.69, 9.17) is 4.74 Å². The summed E-state index contributed by atoms with van der Waals surface area (Å²) in [4.78, 5) is 51.1. The Morgan fingerprint density at radius 1 is 0.938 bits per heavy atom. The quantitative estimate of drug-likeness (QED) is 0.443. The standard InChI is InChI=1S/C25H24N2O5/c1-15-6-5-7-16(2)22(15)26-21(28)14-32-25(31)17-10-12-18(13-11-17)27-23(29)19-8-3-4-9-20(19)24(27)30/h3-7,10-13,19-20H,8-9,14H2,1-2H3,(H,26,28)/t19-,20+. The van der Waals surface area contributed by atoms with Crippen LogP contribution >= 0.6 is 0 Å². The fourth-order valence-electron chi connectivity index (χ4n) is 4.20. The third-order valence-electron chi connectivity index (χ3n) is 5.95. The van der Waals surface area contributed by atoms with E-state index in [2.05, 4.69) is 5.32 Å². The highest BCUT2D eigenvalue weighted by Gasteiger charge is 2.47. The molecule has 1 aliphatic heterocycles. The molecule has 4 rings (SSSR count). The summed E-state index contributed by atoms with van der Waals surface area (Å²) in [6, 6.07) is 11.7. The third-order valence-corrected chi connectivity index (χ3v) is 5.95. The van der Waals surface area contributed by atoms with Crippen molar-refractivity contribution < 1.29 is 23.9 Å². The summed E-state index contributed by atoms with van der Waals surface area (Å²) >= 11 is 0. The molecule has 3 amide bonds. The minimum Gasteiger partial charge on any atom is -0.452 e. The number of fused-ring (bicyclic) bond motifs is 1. The number of esters is 1. The monoisotopic (exact) mass is 432 g/mol. The van der Waals surface area contributed by atoms with E-state index >= 15 is 0 Å². The van der Waals surface area contributed by atoms with Crippen molar-refractivity contribution >= 4 is 35.1 Å². The van der Waals surface area contributed by atoms with Gasteiger partial charge in [-0.3, -0.25) is 19.3 Å². The van der Waals surface area contributed by atoms with Crippen LogP contribution in [0, 0.1) is 25.7 Å². The van der Waals surface area contributed by atoms with E-state index < -0.39 is 18.5 Å². The smallest absolute Gasteiger partial charge is 0.338 e. The van der Waals surface area contributed by atoms with Crippen molar-refractivity contribution in [3.63, 3.8) is 0 Å². The lowest BCUT2D eigenvalue weighted by Crippen LogP contribution is -2.30. The molecule has 0 unspecified atom stereocenters. The molecule has 1 saturated heterocycles. The summed E-state index contributed by atoms with van der Waals surface area (Å²) < 4.78 is 5.12. The summed E-state index contributed by atoms with van der Waals surface area (Å²) in [6.07, 6.45) is 5.01. The number of nitrogens with one attached hydrogen (secondary N) is 1. The Kier molecular flexibility index (Phi) is 5.90. The fraction of sp³-hybridized carbons (Fsp3) is 0.280. The van der Waals surface area contributed by atoms with E-state index in [1.54, 1.807) is 12.1 Å². The van der Waals surface area contributed by atoms with Crippen LogP contribution in [0.15, 0.2) is 54.6 Å². The number of ether oxygens (including phenoxy) is 1. The zero-order valence-electron chi connectivity index (χ0n) is 18.0. The number of anilines is 2. The van der Waals surface area contributed by atoms with Gasteiger partial charge in [-0.15, -0.1) is 0 Å². The minimum atomic E-state index is -0.662. The minimum absolute atomic E-state index is 0.206. The maximum Gasteiger partial charge on any atom is 0.338 e. The number of para-hydroxylation sites is 1. The molecule has 0 saturated carbocycles. The van der Waals surface area contributed by atoms with Crippen molar-refractivity contribution in [1.82, 2.24) is 0 Å². The summed E-state index contributed by atoms with van der Waals surface area (Å²) in [6.45, 7) is 3.35. The molecule has 2 aliphatic rings. The van der Waals surface area contributed by atoms with Crippen LogP contribution in [0.4, 0.5) is 11.4 Å². The van der Waals surface area contributed by atoms with Gasteiger partial charge in [0.25, 0.3) is 5.91 Å². The molecule has 7 heteroatoms. The Morgan fingerprint density at radius 3 is 2.06 bits per heavy atom. The van der Waals surface area contributed by atoms with Crippen LogP contribution in [0.3, 0.4) is 0 Å². The van der Waals surface area contributed by atoms with Gasteiger partial charge in [-0.2, -0.15) is 0 Å². The number of benzene rings is 2. The largest absolute Gasteiger partial charge is 0.452 e. The molecule has 2 aromatic carbocycles. The van der Waals surface area contributed by atoms with Crippen LogP contribution in [-0.4, -0.2) is 30.3 Å². The van der Waals surface area contributed by atoms with Gasteiger partial charge in [0.1, 0.15) is 0 Å². The van der Waals surface area contributed by atoms with Gasteiger partial charge in [0, 0.05) is 5.69 Å². The molecule has 0 aromatic heterocycles. The molecule has 1 fully saturated rings. The van der Waals surface area contributed by atoms with Gasteiger partial charge in [0.2, 0.25) is 11.8 Å². The summed E-state index contributed by atoms with van der Waals surface area (Å²) in [5.74, 6) is -2.13. The van der Waals surface area contributed by atoms with Crippen molar-refractivity contribution in [3.05, 3.63) is 71.3 Å². The van der Waals surface area contributed by atoms with Crippen molar-refractivity contribution in [1.29, 1.82) is 0 Å². The average Bonchev–Trinajstić information content (AvgIpc) is 3.05. The lowest BCUT2D eigenvalue weighted by atomic mass is 9.85. The maximum atomic E-state index is 12.7. The average molecular weight is 432 g/mol. The molecule has 0 radical (unpaired) electrons. The molecular formula is C25H24N2O5. The number of nitrogens with zero attached hydrogens (tertiary/aromatic N) is 1. The van der Waals surface area contributed by atoms with Crippen LogP contribution in [0.1, 0.15) is 34.3 Å². The molecule has 1 heterocycles. The number of aryl methyl sites for hydroxylation is 2. The van der Waals surface area contributed by atoms with Gasteiger partial charge in [0.15, 0.2) is 6.61 Å².